The summed E-state index contributed by atoms with van der Waals surface area (Å²) in [7, 11) is -0.355. The van der Waals surface area contributed by atoms with Gasteiger partial charge in [-0.05, 0) is 17.9 Å². The van der Waals surface area contributed by atoms with E-state index in [1.807, 2.05) is 0 Å². The molecule has 1 atom stereocenters. The molecule has 2 aromatic rings. The van der Waals surface area contributed by atoms with Gasteiger partial charge in [-0.3, -0.25) is 0 Å². The molecule has 1 aliphatic rings. The summed E-state index contributed by atoms with van der Waals surface area (Å²) >= 11 is 0. The first-order chi connectivity index (χ1) is 10.9. The number of hydrogen-bond donors (Lipinski definition) is 0. The van der Waals surface area contributed by atoms with Crippen LogP contribution in [0.3, 0.4) is 0 Å². The number of hydrogen-bond acceptors (Lipinski definition) is 1. The molecule has 0 amide bonds. The van der Waals surface area contributed by atoms with Crippen molar-refractivity contribution in [2.24, 2.45) is 0 Å². The fourth-order valence-corrected chi connectivity index (χ4v) is 3.40. The third-order valence-electron chi connectivity index (χ3n) is 4.16. The van der Waals surface area contributed by atoms with Crippen molar-refractivity contribution in [3.63, 3.8) is 0 Å². The third kappa shape index (κ3) is 3.74. The van der Waals surface area contributed by atoms with Crippen molar-refractivity contribution < 1.29 is 8.85 Å². The van der Waals surface area contributed by atoms with Gasteiger partial charge in [0.05, 0.1) is 5.76 Å². The fraction of sp³-hybridized carbons (Fsp3) is 0.300. The van der Waals surface area contributed by atoms with E-state index >= 15 is 0 Å². The smallest absolute Gasteiger partial charge is 0.368 e. The van der Waals surface area contributed by atoms with E-state index in [4.69, 9.17) is 4.43 Å². The topological polar surface area (TPSA) is 22.0 Å². The largest absolute Gasteiger partial charge is 0.648 e. The Balaban J connectivity index is 1.85. The lowest BCUT2D eigenvalue weighted by Gasteiger charge is -2.29. The van der Waals surface area contributed by atoms with Crippen LogP contribution in [0.1, 0.15) is 49.1 Å². The average Bonchev–Trinajstić information content (AvgIpc) is 2.55. The second kappa shape index (κ2) is 6.34. The molecular formula is C20H24O2Si. The summed E-state index contributed by atoms with van der Waals surface area (Å²) in [5.74, 6) is 0.959. The molecule has 1 unspecified atom stereocenters. The van der Waals surface area contributed by atoms with Gasteiger partial charge in [-0.2, -0.15) is 0 Å². The maximum absolute atomic E-state index is 5.84. The molecule has 0 saturated heterocycles. The summed E-state index contributed by atoms with van der Waals surface area (Å²) in [5, 5.41) is 0. The Morgan fingerprint density at radius 2 is 1.61 bits per heavy atom. The highest BCUT2D eigenvalue weighted by molar-refractivity contribution is 6.20. The highest BCUT2D eigenvalue weighted by Gasteiger charge is 2.18. The van der Waals surface area contributed by atoms with E-state index in [1.165, 1.54) is 16.7 Å². The summed E-state index contributed by atoms with van der Waals surface area (Å²) in [6.45, 7) is 8.80. The highest BCUT2D eigenvalue weighted by atomic mass is 28.3. The van der Waals surface area contributed by atoms with Gasteiger partial charge in [0.2, 0.25) is 0 Å². The van der Waals surface area contributed by atoms with Gasteiger partial charge in [0.25, 0.3) is 0 Å². The Kier molecular flexibility index (Phi) is 4.42. The lowest BCUT2D eigenvalue weighted by atomic mass is 9.86. The van der Waals surface area contributed by atoms with Crippen LogP contribution in [0.15, 0.2) is 54.6 Å². The zero-order chi connectivity index (χ0) is 16.4. The van der Waals surface area contributed by atoms with Crippen LogP contribution in [0.4, 0.5) is 0 Å². The molecule has 1 N–H and O–H groups in total. The monoisotopic (exact) mass is 324 g/mol. The number of aryl methyl sites for hydroxylation is 1. The fourth-order valence-electron chi connectivity index (χ4n) is 2.62. The molecule has 0 radical (unpaired) electrons. The predicted octanol–water partition coefficient (Wildman–Crippen LogP) is 4.20. The van der Waals surface area contributed by atoms with Gasteiger partial charge >= 0.3 is 10.0 Å². The number of benzene rings is 2. The molecule has 0 bridgehead atoms. The summed E-state index contributed by atoms with van der Waals surface area (Å²) in [6.07, 6.45) is 2.24. The Hall–Kier alpha value is -1.84. The molecule has 2 nitrogen and oxygen atoms in total. The molecule has 3 rings (SSSR count). The predicted molar refractivity (Wildman–Crippen MR) is 97.5 cm³/mol. The zero-order valence-corrected chi connectivity index (χ0v) is 15.4. The second-order valence-electron chi connectivity index (χ2n) is 7.09. The molecular weight excluding hydrogens is 300 g/mol. The van der Waals surface area contributed by atoms with Gasteiger partial charge in [0.15, 0.2) is 6.10 Å². The Morgan fingerprint density at radius 3 is 2.22 bits per heavy atom. The summed E-state index contributed by atoms with van der Waals surface area (Å²) in [5.41, 5.74) is 5.15. The van der Waals surface area contributed by atoms with E-state index in [1.54, 1.807) is 0 Å². The maximum Gasteiger partial charge on any atom is 0.368 e. The summed E-state index contributed by atoms with van der Waals surface area (Å²) < 4.78 is 10.5. The highest BCUT2D eigenvalue weighted by Crippen LogP contribution is 2.29. The SMILES string of the molecule is Cc1ccc(C2C=C(c3ccc(C(C)(C)C)cc3)O[SiH-][OH+]2)cc1. The minimum atomic E-state index is -0.355. The van der Waals surface area contributed by atoms with Crippen molar-refractivity contribution in [1.82, 2.24) is 0 Å². The van der Waals surface area contributed by atoms with Crippen LogP contribution >= 0.6 is 0 Å². The average molecular weight is 324 g/mol. The van der Waals surface area contributed by atoms with E-state index in [0.717, 1.165) is 11.3 Å². The molecule has 2 aromatic carbocycles. The van der Waals surface area contributed by atoms with E-state index in [-0.39, 0.29) is 21.5 Å². The van der Waals surface area contributed by atoms with Gasteiger partial charge in [-0.1, -0.05) is 74.9 Å². The van der Waals surface area contributed by atoms with E-state index in [9.17, 15) is 0 Å². The molecule has 0 spiro atoms. The van der Waals surface area contributed by atoms with E-state index in [2.05, 4.69) is 86.7 Å². The molecule has 0 aliphatic carbocycles. The van der Waals surface area contributed by atoms with Crippen LogP contribution in [0.25, 0.3) is 5.76 Å². The molecule has 1 aliphatic heterocycles. The van der Waals surface area contributed by atoms with Gasteiger partial charge < -0.3 is 8.85 Å². The molecule has 0 fully saturated rings. The van der Waals surface area contributed by atoms with Gasteiger partial charge in [-0.15, -0.1) is 0 Å². The standard InChI is InChI=1S/C20H24O2Si/c1-14-5-7-15(8-6-14)18-13-19(22-23-21-18)16-9-11-17(12-10-16)20(2,3)4/h5-13,18,21,23H,1-4H3. The molecule has 120 valence electrons. The summed E-state index contributed by atoms with van der Waals surface area (Å²) in [4.78, 5) is 0. The van der Waals surface area contributed by atoms with Crippen molar-refractivity contribution in [1.29, 1.82) is 0 Å². The first-order valence-electron chi connectivity index (χ1n) is 8.01. The van der Waals surface area contributed by atoms with Crippen LogP contribution in [0, 0.1) is 6.92 Å². The lowest BCUT2D eigenvalue weighted by Crippen LogP contribution is -2.19. The van der Waals surface area contributed by atoms with Crippen molar-refractivity contribution in [2.45, 2.75) is 39.2 Å². The van der Waals surface area contributed by atoms with E-state index in [0.29, 0.717) is 0 Å². The normalized spacial score (nSPS) is 18.3. The molecule has 0 saturated carbocycles. The van der Waals surface area contributed by atoms with Crippen molar-refractivity contribution in [3.8, 4) is 0 Å². The van der Waals surface area contributed by atoms with Crippen LogP contribution in [0.5, 0.6) is 0 Å². The Labute approximate surface area is 141 Å². The van der Waals surface area contributed by atoms with Gasteiger partial charge in [-0.25, -0.2) is 0 Å². The zero-order valence-electron chi connectivity index (χ0n) is 14.2. The molecule has 1 heterocycles. The molecule has 0 aromatic heterocycles. The van der Waals surface area contributed by atoms with Crippen LogP contribution in [-0.2, 0) is 9.84 Å². The lowest BCUT2D eigenvalue weighted by molar-refractivity contribution is 0.0526. The summed E-state index contributed by atoms with van der Waals surface area (Å²) in [6, 6.07) is 17.3. The van der Waals surface area contributed by atoms with Gasteiger partial charge in [0, 0.05) is 17.2 Å². The quantitative estimate of drug-likeness (QED) is 0.599. The molecule has 23 heavy (non-hydrogen) atoms. The minimum absolute atomic E-state index is 0.108. The third-order valence-corrected chi connectivity index (χ3v) is 4.97. The minimum Gasteiger partial charge on any atom is -0.648 e. The van der Waals surface area contributed by atoms with Crippen LogP contribution in [-0.4, -0.2) is 14.4 Å². The van der Waals surface area contributed by atoms with Crippen LogP contribution in [0.2, 0.25) is 0 Å². The first kappa shape index (κ1) is 16.0. The molecule has 3 heteroatoms. The second-order valence-corrected chi connectivity index (χ2v) is 7.83. The van der Waals surface area contributed by atoms with Crippen molar-refractivity contribution >= 4 is 15.8 Å². The van der Waals surface area contributed by atoms with Crippen LogP contribution < -0.4 is 0 Å². The number of rotatable bonds is 2. The number of aliphatic hydroxyl groups is 1. The van der Waals surface area contributed by atoms with Crippen molar-refractivity contribution in [2.75, 3.05) is 0 Å². The Morgan fingerprint density at radius 1 is 0.957 bits per heavy atom. The van der Waals surface area contributed by atoms with Gasteiger partial charge in [0.1, 0.15) is 0 Å². The first-order valence-corrected chi connectivity index (χ1v) is 9.00. The van der Waals surface area contributed by atoms with Crippen molar-refractivity contribution in [3.05, 3.63) is 76.9 Å². The maximum atomic E-state index is 5.84. The Bertz CT molecular complexity index is 694. The van der Waals surface area contributed by atoms with E-state index < -0.39 is 0 Å².